The van der Waals surface area contributed by atoms with E-state index in [-0.39, 0.29) is 28.4 Å². The van der Waals surface area contributed by atoms with Gasteiger partial charge in [-0.05, 0) is 75.2 Å². The topological polar surface area (TPSA) is 54.4 Å². The van der Waals surface area contributed by atoms with Gasteiger partial charge in [-0.2, -0.15) is 0 Å². The first-order valence-corrected chi connectivity index (χ1v) is 9.69. The zero-order valence-corrected chi connectivity index (χ0v) is 15.2. The van der Waals surface area contributed by atoms with E-state index in [0.29, 0.717) is 18.1 Å². The van der Waals surface area contributed by atoms with Crippen LogP contribution in [-0.2, 0) is 9.59 Å². The van der Waals surface area contributed by atoms with Crippen LogP contribution in [0, 0.1) is 28.6 Å². The fourth-order valence-electron chi connectivity index (χ4n) is 7.17. The molecule has 0 aromatic carbocycles. The number of aliphatic hydroxyl groups is 1. The second-order valence-electron chi connectivity index (χ2n) is 9.39. The number of ketones is 2. The van der Waals surface area contributed by atoms with Crippen molar-refractivity contribution in [2.24, 2.45) is 28.6 Å². The molecule has 0 aromatic rings. The maximum Gasteiger partial charge on any atom is 0.155 e. The van der Waals surface area contributed by atoms with Gasteiger partial charge >= 0.3 is 0 Å². The molecule has 4 aliphatic carbocycles. The van der Waals surface area contributed by atoms with Gasteiger partial charge in [0.1, 0.15) is 5.78 Å². The first kappa shape index (κ1) is 16.5. The van der Waals surface area contributed by atoms with Gasteiger partial charge in [-0.25, -0.2) is 0 Å². The Balaban J connectivity index is 1.74. The van der Waals surface area contributed by atoms with Gasteiger partial charge in [-0.1, -0.05) is 19.4 Å². The molecule has 4 rings (SSSR count). The summed E-state index contributed by atoms with van der Waals surface area (Å²) < 4.78 is 0. The highest BCUT2D eigenvalue weighted by atomic mass is 16.3. The minimum Gasteiger partial charge on any atom is -0.389 e. The smallest absolute Gasteiger partial charge is 0.155 e. The largest absolute Gasteiger partial charge is 0.389 e. The molecule has 132 valence electrons. The Hall–Kier alpha value is -0.960. The van der Waals surface area contributed by atoms with Gasteiger partial charge in [0.15, 0.2) is 5.78 Å². The van der Waals surface area contributed by atoms with Crippen LogP contribution < -0.4 is 0 Å². The summed E-state index contributed by atoms with van der Waals surface area (Å²) in [5, 5.41) is 11.9. The number of Topliss-reactive ketones (excluding diaryl/α,β-unsaturated/α-hetero) is 1. The molecule has 4 aliphatic rings. The summed E-state index contributed by atoms with van der Waals surface area (Å²) in [6.07, 6.45) is 8.85. The van der Waals surface area contributed by atoms with Crippen LogP contribution >= 0.6 is 0 Å². The summed E-state index contributed by atoms with van der Waals surface area (Å²) in [5.74, 6) is 1.45. The molecule has 0 aliphatic heterocycles. The fraction of sp³-hybridized carbons (Fsp3) is 0.810. The Labute approximate surface area is 144 Å². The predicted molar refractivity (Wildman–Crippen MR) is 92.3 cm³/mol. The lowest BCUT2D eigenvalue weighted by Gasteiger charge is -2.62. The molecular weight excluding hydrogens is 300 g/mol. The molecule has 0 amide bonds. The van der Waals surface area contributed by atoms with Crippen LogP contribution in [0.25, 0.3) is 0 Å². The molecule has 1 N–H and O–H groups in total. The normalized spacial score (nSPS) is 50.6. The van der Waals surface area contributed by atoms with Crippen molar-refractivity contribution in [3.63, 3.8) is 0 Å². The average Bonchev–Trinajstić information content (AvgIpc) is 2.87. The first-order valence-electron chi connectivity index (χ1n) is 9.69. The maximum atomic E-state index is 12.2. The summed E-state index contributed by atoms with van der Waals surface area (Å²) >= 11 is 0. The van der Waals surface area contributed by atoms with Crippen molar-refractivity contribution in [2.75, 3.05) is 0 Å². The standard InChI is InChI=1S/C21H30O3/c1-13(22)16-6-7-17-18-5-4-14-12-15(23)8-9-20(14,3)21(18,24)11-10-19(16,17)2/h12,16-18,24H,4-11H2,1-3H3. The molecule has 3 saturated carbocycles. The highest BCUT2D eigenvalue weighted by Gasteiger charge is 2.66. The van der Waals surface area contributed by atoms with Crippen molar-refractivity contribution in [1.82, 2.24) is 0 Å². The number of carbonyl (C=O) groups excluding carboxylic acids is 2. The van der Waals surface area contributed by atoms with Gasteiger partial charge in [0.05, 0.1) is 5.60 Å². The van der Waals surface area contributed by atoms with Crippen LogP contribution in [-0.4, -0.2) is 22.3 Å². The Kier molecular flexibility index (Phi) is 3.46. The first-order chi connectivity index (χ1) is 11.2. The summed E-state index contributed by atoms with van der Waals surface area (Å²) in [6.45, 7) is 6.24. The van der Waals surface area contributed by atoms with Crippen LogP contribution in [0.1, 0.15) is 72.1 Å². The Morgan fingerprint density at radius 1 is 1.08 bits per heavy atom. The maximum absolute atomic E-state index is 12.2. The molecule has 0 bridgehead atoms. The van der Waals surface area contributed by atoms with E-state index in [1.165, 1.54) is 5.57 Å². The van der Waals surface area contributed by atoms with Crippen molar-refractivity contribution < 1.29 is 14.7 Å². The Bertz CT molecular complexity index is 635. The highest BCUT2D eigenvalue weighted by molar-refractivity contribution is 5.91. The average molecular weight is 330 g/mol. The quantitative estimate of drug-likeness (QED) is 0.795. The molecule has 6 unspecified atom stereocenters. The lowest BCUT2D eigenvalue weighted by molar-refractivity contribution is -0.192. The van der Waals surface area contributed by atoms with E-state index in [0.717, 1.165) is 44.9 Å². The van der Waals surface area contributed by atoms with Gasteiger partial charge in [-0.3, -0.25) is 9.59 Å². The van der Waals surface area contributed by atoms with Gasteiger partial charge in [0, 0.05) is 17.8 Å². The number of carbonyl (C=O) groups is 2. The Morgan fingerprint density at radius 2 is 1.83 bits per heavy atom. The van der Waals surface area contributed by atoms with E-state index in [1.807, 2.05) is 6.08 Å². The van der Waals surface area contributed by atoms with Crippen LogP contribution in [0.3, 0.4) is 0 Å². The highest BCUT2D eigenvalue weighted by Crippen LogP contribution is 2.68. The van der Waals surface area contributed by atoms with Crippen molar-refractivity contribution in [3.8, 4) is 0 Å². The predicted octanol–water partition coefficient (Wildman–Crippen LogP) is 3.84. The van der Waals surface area contributed by atoms with E-state index in [2.05, 4.69) is 13.8 Å². The lowest BCUT2D eigenvalue weighted by atomic mass is 9.44. The summed E-state index contributed by atoms with van der Waals surface area (Å²) in [4.78, 5) is 24.0. The number of rotatable bonds is 1. The second-order valence-corrected chi connectivity index (χ2v) is 9.39. The van der Waals surface area contributed by atoms with Gasteiger partial charge < -0.3 is 5.11 Å². The molecule has 24 heavy (non-hydrogen) atoms. The molecule has 3 heteroatoms. The fourth-order valence-corrected chi connectivity index (χ4v) is 7.17. The van der Waals surface area contributed by atoms with Crippen molar-refractivity contribution in [3.05, 3.63) is 11.6 Å². The minimum absolute atomic E-state index is 0.0603. The van der Waals surface area contributed by atoms with E-state index < -0.39 is 5.60 Å². The molecule has 0 aromatic heterocycles. The number of hydrogen-bond acceptors (Lipinski definition) is 3. The number of hydrogen-bond donors (Lipinski definition) is 1. The van der Waals surface area contributed by atoms with Crippen LogP contribution in [0.15, 0.2) is 11.6 Å². The SMILES string of the molecule is CC(=O)C1CCC2C3CCC4=CC(=O)CCC4(C)C3(O)CCC12C. The molecule has 0 heterocycles. The van der Waals surface area contributed by atoms with Crippen LogP contribution in [0.2, 0.25) is 0 Å². The lowest BCUT2D eigenvalue weighted by Crippen LogP contribution is -2.63. The molecule has 3 nitrogen and oxygen atoms in total. The number of fused-ring (bicyclic) bond motifs is 5. The van der Waals surface area contributed by atoms with Gasteiger partial charge in [0.25, 0.3) is 0 Å². The third-order valence-electron chi connectivity index (χ3n) is 8.64. The van der Waals surface area contributed by atoms with E-state index in [9.17, 15) is 14.7 Å². The molecule has 0 spiro atoms. The minimum atomic E-state index is -0.701. The summed E-state index contributed by atoms with van der Waals surface area (Å²) in [5.41, 5.74) is 0.292. The second kappa shape index (κ2) is 5.03. The monoisotopic (exact) mass is 330 g/mol. The van der Waals surface area contributed by atoms with Crippen molar-refractivity contribution in [2.45, 2.75) is 77.7 Å². The summed E-state index contributed by atoms with van der Waals surface area (Å²) in [6, 6.07) is 0. The zero-order chi connectivity index (χ0) is 17.3. The Morgan fingerprint density at radius 3 is 2.54 bits per heavy atom. The van der Waals surface area contributed by atoms with Gasteiger partial charge in [-0.15, -0.1) is 0 Å². The van der Waals surface area contributed by atoms with E-state index in [4.69, 9.17) is 0 Å². The van der Waals surface area contributed by atoms with E-state index >= 15 is 0 Å². The third-order valence-corrected chi connectivity index (χ3v) is 8.64. The van der Waals surface area contributed by atoms with E-state index in [1.54, 1.807) is 6.92 Å². The van der Waals surface area contributed by atoms with Crippen molar-refractivity contribution >= 4 is 11.6 Å². The van der Waals surface area contributed by atoms with Crippen molar-refractivity contribution in [1.29, 1.82) is 0 Å². The van der Waals surface area contributed by atoms with Crippen LogP contribution in [0.4, 0.5) is 0 Å². The van der Waals surface area contributed by atoms with Crippen LogP contribution in [0.5, 0.6) is 0 Å². The molecule has 0 radical (unpaired) electrons. The molecule has 0 saturated heterocycles. The third kappa shape index (κ3) is 1.88. The molecule has 6 atom stereocenters. The summed E-state index contributed by atoms with van der Waals surface area (Å²) in [7, 11) is 0. The molecule has 3 fully saturated rings. The molecular formula is C21H30O3. The zero-order valence-electron chi connectivity index (χ0n) is 15.2. The van der Waals surface area contributed by atoms with Gasteiger partial charge in [0.2, 0.25) is 0 Å².